The molecule has 0 aliphatic rings. The highest BCUT2D eigenvalue weighted by molar-refractivity contribution is 5.97. The first-order chi connectivity index (χ1) is 12.5. The number of ether oxygens (including phenoxy) is 1. The molecule has 27 heavy (non-hydrogen) atoms. The van der Waals surface area contributed by atoms with Crippen LogP contribution in [0, 0.1) is 6.92 Å². The minimum atomic E-state index is -3.00. The lowest BCUT2D eigenvalue weighted by Gasteiger charge is -2.12. The van der Waals surface area contributed by atoms with Crippen molar-refractivity contribution in [2.75, 3.05) is 7.11 Å². The molecule has 0 saturated heterocycles. The summed E-state index contributed by atoms with van der Waals surface area (Å²) in [6.07, 6.45) is 0. The molecule has 0 aliphatic carbocycles. The van der Waals surface area contributed by atoms with Gasteiger partial charge in [0.05, 0.1) is 12.7 Å². The van der Waals surface area contributed by atoms with Gasteiger partial charge in [-0.1, -0.05) is 24.3 Å². The number of alkyl halides is 2. The van der Waals surface area contributed by atoms with Gasteiger partial charge in [0.1, 0.15) is 16.7 Å². The molecular weight excluding hydrogens is 422 g/mol. The van der Waals surface area contributed by atoms with Crippen molar-refractivity contribution in [1.29, 1.82) is 0 Å². The average molecular weight is 439 g/mol. The summed E-state index contributed by atoms with van der Waals surface area (Å²) in [4.78, 5) is 25.1. The van der Waals surface area contributed by atoms with Crippen LogP contribution in [-0.4, -0.2) is 17.5 Å². The zero-order valence-electron chi connectivity index (χ0n) is 14.7. The standard InChI is InChI=1S/C19H17F2N2O3.BrH/c1-12-22(11-16(24)14-8-4-6-10-17(14)26-2)15-9-5-3-7-13(15)18(25)23(12)19(20)21;/h3-10,19H,11H2,1-2H3;1H/q+1;/p-1. The number of halogens is 3. The largest absolute Gasteiger partial charge is 1.00 e. The van der Waals surface area contributed by atoms with Crippen LogP contribution < -0.4 is 31.8 Å². The summed E-state index contributed by atoms with van der Waals surface area (Å²) >= 11 is 0. The maximum Gasteiger partial charge on any atom is 0.390 e. The molecule has 0 amide bonds. The van der Waals surface area contributed by atoms with E-state index >= 15 is 0 Å². The summed E-state index contributed by atoms with van der Waals surface area (Å²) in [5, 5.41) is 0.131. The number of fused-ring (bicyclic) bond motifs is 1. The number of ketones is 1. The minimum absolute atomic E-state index is 0. The number of benzene rings is 2. The number of methoxy groups -OCH3 is 1. The molecule has 0 spiro atoms. The number of Topliss-reactive ketones (excluding diaryl/α,β-unsaturated/α-hetero) is 1. The summed E-state index contributed by atoms with van der Waals surface area (Å²) in [5.41, 5.74) is -0.00924. The third-order valence-corrected chi connectivity index (χ3v) is 4.29. The van der Waals surface area contributed by atoms with E-state index in [-0.39, 0.29) is 40.5 Å². The Balaban J connectivity index is 0.00000261. The third-order valence-electron chi connectivity index (χ3n) is 4.29. The van der Waals surface area contributed by atoms with Crippen molar-refractivity contribution in [2.45, 2.75) is 20.0 Å². The zero-order valence-corrected chi connectivity index (χ0v) is 16.2. The van der Waals surface area contributed by atoms with E-state index in [2.05, 4.69) is 0 Å². The summed E-state index contributed by atoms with van der Waals surface area (Å²) in [5.74, 6) is 0.106. The molecule has 3 rings (SSSR count). The fourth-order valence-corrected chi connectivity index (χ4v) is 3.00. The maximum atomic E-state index is 13.4. The summed E-state index contributed by atoms with van der Waals surface area (Å²) in [6.45, 7) is -1.80. The Labute approximate surface area is 164 Å². The second-order valence-corrected chi connectivity index (χ2v) is 5.73. The van der Waals surface area contributed by atoms with Crippen molar-refractivity contribution in [3.05, 3.63) is 70.3 Å². The number of para-hydroxylation sites is 2. The van der Waals surface area contributed by atoms with Crippen molar-refractivity contribution < 1.29 is 39.9 Å². The van der Waals surface area contributed by atoms with Gasteiger partial charge in [0.2, 0.25) is 5.78 Å². The number of carbonyl (C=O) groups is 1. The Morgan fingerprint density at radius 3 is 2.44 bits per heavy atom. The van der Waals surface area contributed by atoms with Gasteiger partial charge in [0.25, 0.3) is 5.82 Å². The lowest BCUT2D eigenvalue weighted by molar-refractivity contribution is -0.669. The van der Waals surface area contributed by atoms with E-state index in [1.807, 2.05) is 0 Å². The maximum absolute atomic E-state index is 13.4. The molecule has 0 bridgehead atoms. The van der Waals surface area contributed by atoms with Crippen molar-refractivity contribution in [3.8, 4) is 5.75 Å². The Kier molecular flexibility index (Phi) is 6.43. The summed E-state index contributed by atoms with van der Waals surface area (Å²) in [6, 6.07) is 13.1. The minimum Gasteiger partial charge on any atom is -1.00 e. The van der Waals surface area contributed by atoms with Crippen LogP contribution in [-0.2, 0) is 6.54 Å². The predicted octanol–water partition coefficient (Wildman–Crippen LogP) is -0.112. The lowest BCUT2D eigenvalue weighted by Crippen LogP contribution is -3.00. The van der Waals surface area contributed by atoms with Crippen LogP contribution in [0.15, 0.2) is 53.3 Å². The first kappa shape index (κ1) is 20.7. The fraction of sp³-hybridized carbons (Fsp3) is 0.211. The number of hydrogen-bond donors (Lipinski definition) is 0. The highest BCUT2D eigenvalue weighted by Gasteiger charge is 2.27. The third kappa shape index (κ3) is 3.75. The highest BCUT2D eigenvalue weighted by Crippen LogP contribution is 2.19. The van der Waals surface area contributed by atoms with Gasteiger partial charge in [0.15, 0.2) is 6.54 Å². The van der Waals surface area contributed by atoms with Gasteiger partial charge in [-0.15, -0.1) is 4.57 Å². The molecule has 5 nitrogen and oxygen atoms in total. The van der Waals surface area contributed by atoms with Gasteiger partial charge in [0, 0.05) is 6.92 Å². The van der Waals surface area contributed by atoms with E-state index in [4.69, 9.17) is 4.74 Å². The Bertz CT molecular complexity index is 1050. The van der Waals surface area contributed by atoms with Gasteiger partial charge in [-0.2, -0.15) is 8.78 Å². The van der Waals surface area contributed by atoms with Crippen LogP contribution in [0.3, 0.4) is 0 Å². The molecule has 0 unspecified atom stereocenters. The second-order valence-electron chi connectivity index (χ2n) is 5.73. The van der Waals surface area contributed by atoms with Gasteiger partial charge in [-0.25, -0.2) is 9.36 Å². The van der Waals surface area contributed by atoms with E-state index in [1.54, 1.807) is 42.5 Å². The summed E-state index contributed by atoms with van der Waals surface area (Å²) in [7, 11) is 1.46. The van der Waals surface area contributed by atoms with E-state index < -0.39 is 12.1 Å². The molecule has 3 aromatic rings. The van der Waals surface area contributed by atoms with Gasteiger partial charge >= 0.3 is 12.1 Å². The molecule has 0 radical (unpaired) electrons. The number of aromatic nitrogens is 2. The van der Waals surface area contributed by atoms with Gasteiger partial charge in [-0.3, -0.25) is 4.79 Å². The smallest absolute Gasteiger partial charge is 0.390 e. The second kappa shape index (κ2) is 8.39. The SMILES string of the molecule is COc1ccccc1C(=O)C[n+]1c(C)n(C(F)F)c(=O)c2ccccc21.[Br-]. The van der Waals surface area contributed by atoms with Crippen LogP contribution in [0.1, 0.15) is 22.7 Å². The molecule has 1 heterocycles. The molecule has 2 aromatic carbocycles. The van der Waals surface area contributed by atoms with Gasteiger partial charge < -0.3 is 21.7 Å². The summed E-state index contributed by atoms with van der Waals surface area (Å²) < 4.78 is 33.9. The van der Waals surface area contributed by atoms with E-state index in [0.717, 1.165) is 0 Å². The quantitative estimate of drug-likeness (QED) is 0.412. The van der Waals surface area contributed by atoms with E-state index in [0.29, 0.717) is 21.4 Å². The molecule has 0 atom stereocenters. The van der Waals surface area contributed by atoms with E-state index in [9.17, 15) is 18.4 Å². The van der Waals surface area contributed by atoms with Gasteiger partial charge in [-0.05, 0) is 24.3 Å². The molecule has 1 aromatic heterocycles. The molecule has 0 aliphatic heterocycles. The number of carbonyl (C=O) groups excluding carboxylic acids is 1. The number of rotatable bonds is 5. The monoisotopic (exact) mass is 438 g/mol. The lowest BCUT2D eigenvalue weighted by atomic mass is 10.1. The fourth-order valence-electron chi connectivity index (χ4n) is 3.00. The topological polar surface area (TPSA) is 52.2 Å². The van der Waals surface area contributed by atoms with Crippen molar-refractivity contribution in [1.82, 2.24) is 4.57 Å². The molecule has 142 valence electrons. The normalized spacial score (nSPS) is 10.7. The number of nitrogens with zero attached hydrogens (tertiary/aromatic N) is 2. The van der Waals surface area contributed by atoms with Crippen molar-refractivity contribution in [2.24, 2.45) is 0 Å². The molecule has 0 saturated carbocycles. The predicted molar refractivity (Wildman–Crippen MR) is 91.7 cm³/mol. The Morgan fingerprint density at radius 2 is 1.78 bits per heavy atom. The van der Waals surface area contributed by atoms with Crippen LogP contribution in [0.25, 0.3) is 10.9 Å². The Morgan fingerprint density at radius 1 is 1.15 bits per heavy atom. The zero-order chi connectivity index (χ0) is 18.8. The van der Waals surface area contributed by atoms with Crippen LogP contribution in [0.2, 0.25) is 0 Å². The molecule has 8 heteroatoms. The first-order valence-electron chi connectivity index (χ1n) is 7.93. The number of hydrogen-bond acceptors (Lipinski definition) is 3. The highest BCUT2D eigenvalue weighted by atomic mass is 79.9. The van der Waals surface area contributed by atoms with E-state index in [1.165, 1.54) is 24.7 Å². The molecular formula is C19H17BrF2N2O3. The molecule has 0 N–H and O–H groups in total. The Hall–Kier alpha value is -2.61. The first-order valence-corrected chi connectivity index (χ1v) is 7.93. The van der Waals surface area contributed by atoms with Crippen molar-refractivity contribution in [3.63, 3.8) is 0 Å². The van der Waals surface area contributed by atoms with Crippen LogP contribution in [0.4, 0.5) is 8.78 Å². The van der Waals surface area contributed by atoms with Crippen molar-refractivity contribution >= 4 is 16.7 Å². The van der Waals surface area contributed by atoms with Crippen LogP contribution >= 0.6 is 0 Å². The average Bonchev–Trinajstić information content (AvgIpc) is 2.64. The van der Waals surface area contributed by atoms with Crippen LogP contribution in [0.5, 0.6) is 5.75 Å². The molecule has 0 fully saturated rings.